The molecule has 2 unspecified atom stereocenters. The van der Waals surface area contributed by atoms with Crippen molar-refractivity contribution in [1.82, 2.24) is 30.8 Å². The number of hydrogen-bond acceptors (Lipinski definition) is 5. The van der Waals surface area contributed by atoms with Gasteiger partial charge in [0, 0.05) is 23.3 Å². The maximum Gasteiger partial charge on any atom is 0.258 e. The summed E-state index contributed by atoms with van der Waals surface area (Å²) in [6.45, 7) is 1.45. The van der Waals surface area contributed by atoms with Gasteiger partial charge in [-0.1, -0.05) is 29.8 Å². The van der Waals surface area contributed by atoms with Crippen molar-refractivity contribution in [3.05, 3.63) is 81.6 Å². The van der Waals surface area contributed by atoms with Gasteiger partial charge in [0.25, 0.3) is 5.56 Å². The van der Waals surface area contributed by atoms with Gasteiger partial charge in [0.05, 0.1) is 23.0 Å². The quantitative estimate of drug-likeness (QED) is 0.374. The van der Waals surface area contributed by atoms with Gasteiger partial charge in [-0.15, -0.1) is 0 Å². The van der Waals surface area contributed by atoms with Gasteiger partial charge in [0.2, 0.25) is 5.91 Å². The molecule has 1 aliphatic heterocycles. The Balaban J connectivity index is 1.55. The molecule has 32 heavy (non-hydrogen) atoms. The number of nitrogens with zero attached hydrogens (tertiary/aromatic N) is 2. The fourth-order valence-electron chi connectivity index (χ4n) is 3.99. The Morgan fingerprint density at radius 3 is 2.72 bits per heavy atom. The van der Waals surface area contributed by atoms with E-state index in [9.17, 15) is 9.59 Å². The van der Waals surface area contributed by atoms with Gasteiger partial charge in [-0.25, -0.2) is 4.98 Å². The van der Waals surface area contributed by atoms with Gasteiger partial charge < -0.3 is 15.6 Å². The summed E-state index contributed by atoms with van der Waals surface area (Å²) >= 11 is 6.06. The second-order valence-corrected chi connectivity index (χ2v) is 8.29. The standard InChI is InChI=1S/C23H21ClN6O2/c24-17-4-1-13(2-5-17)20(29-22(31)15-7-8-25-10-15)21-28-19-6-3-14(16-11-26-27-12-16)9-18(19)23(32)30-21/h1-6,9,11-12,15,20,25H,7-8,10H2,(H,26,27)(H,29,31)(H,28,30,32). The first-order chi connectivity index (χ1) is 15.6. The maximum atomic E-state index is 13.0. The third-order valence-electron chi connectivity index (χ3n) is 5.75. The van der Waals surface area contributed by atoms with Crippen molar-refractivity contribution < 1.29 is 4.79 Å². The van der Waals surface area contributed by atoms with Gasteiger partial charge in [-0.05, 0) is 48.4 Å². The van der Waals surface area contributed by atoms with Crippen LogP contribution in [0.2, 0.25) is 5.02 Å². The average Bonchev–Trinajstić information content (AvgIpc) is 3.52. The van der Waals surface area contributed by atoms with Crippen LogP contribution in [0, 0.1) is 5.92 Å². The predicted octanol–water partition coefficient (Wildman–Crippen LogP) is 2.78. The molecule has 5 rings (SSSR count). The van der Waals surface area contributed by atoms with E-state index >= 15 is 0 Å². The lowest BCUT2D eigenvalue weighted by molar-refractivity contribution is -0.125. The Kier molecular flexibility index (Phi) is 5.46. The molecular formula is C23H21ClN6O2. The van der Waals surface area contributed by atoms with Gasteiger partial charge >= 0.3 is 0 Å². The highest BCUT2D eigenvalue weighted by molar-refractivity contribution is 6.30. The molecule has 4 aromatic rings. The number of carbonyl (C=O) groups excluding carboxylic acids is 1. The van der Waals surface area contributed by atoms with E-state index in [4.69, 9.17) is 16.6 Å². The molecule has 2 aromatic heterocycles. The van der Waals surface area contributed by atoms with Gasteiger partial charge in [0.1, 0.15) is 11.9 Å². The Hall–Kier alpha value is -3.49. The van der Waals surface area contributed by atoms with E-state index < -0.39 is 6.04 Å². The molecule has 1 fully saturated rings. The lowest BCUT2D eigenvalue weighted by Crippen LogP contribution is -2.37. The number of rotatable bonds is 5. The first kappa shape index (κ1) is 20.4. The molecule has 0 bridgehead atoms. The summed E-state index contributed by atoms with van der Waals surface area (Å²) in [4.78, 5) is 33.5. The van der Waals surface area contributed by atoms with Crippen LogP contribution in [-0.4, -0.2) is 39.2 Å². The molecule has 2 aromatic carbocycles. The molecule has 9 heteroatoms. The predicted molar refractivity (Wildman–Crippen MR) is 122 cm³/mol. The van der Waals surface area contributed by atoms with Crippen molar-refractivity contribution in [2.24, 2.45) is 5.92 Å². The topological polar surface area (TPSA) is 116 Å². The first-order valence-corrected chi connectivity index (χ1v) is 10.8. The summed E-state index contributed by atoms with van der Waals surface area (Å²) in [6.07, 6.45) is 4.24. The van der Waals surface area contributed by atoms with Crippen LogP contribution in [0.15, 0.2) is 59.7 Å². The zero-order valence-corrected chi connectivity index (χ0v) is 17.8. The fourth-order valence-corrected chi connectivity index (χ4v) is 4.11. The SMILES string of the molecule is O=C(NC(c1ccc(Cl)cc1)c1nc2ccc(-c3cn[nH]c3)cc2c(=O)[nH]1)C1CCNC1. The third-order valence-corrected chi connectivity index (χ3v) is 6.00. The zero-order valence-electron chi connectivity index (χ0n) is 17.1. The monoisotopic (exact) mass is 448 g/mol. The normalized spacial score (nSPS) is 16.8. The third kappa shape index (κ3) is 4.02. The summed E-state index contributed by atoms with van der Waals surface area (Å²) in [5, 5.41) is 14.1. The molecule has 0 saturated carbocycles. The summed E-state index contributed by atoms with van der Waals surface area (Å²) in [5.74, 6) is 0.183. The molecule has 162 valence electrons. The van der Waals surface area contributed by atoms with Crippen LogP contribution < -0.4 is 16.2 Å². The average molecular weight is 449 g/mol. The lowest BCUT2D eigenvalue weighted by Gasteiger charge is -2.21. The van der Waals surface area contributed by atoms with Gasteiger partial charge in [-0.2, -0.15) is 5.10 Å². The molecule has 1 saturated heterocycles. The molecule has 2 atom stereocenters. The Labute approximate surface area is 188 Å². The van der Waals surface area contributed by atoms with Gasteiger partial charge in [-0.3, -0.25) is 14.7 Å². The molecular weight excluding hydrogens is 428 g/mol. The van der Waals surface area contributed by atoms with Crippen molar-refractivity contribution >= 4 is 28.4 Å². The number of hydrogen-bond donors (Lipinski definition) is 4. The van der Waals surface area contributed by atoms with E-state index in [1.165, 1.54) is 0 Å². The number of amides is 1. The summed E-state index contributed by atoms with van der Waals surface area (Å²) in [5.41, 5.74) is 2.80. The van der Waals surface area contributed by atoms with Crippen molar-refractivity contribution in [2.75, 3.05) is 13.1 Å². The minimum Gasteiger partial charge on any atom is -0.342 e. The number of aromatic nitrogens is 4. The Morgan fingerprint density at radius 1 is 1.16 bits per heavy atom. The van der Waals surface area contributed by atoms with Crippen LogP contribution in [-0.2, 0) is 4.79 Å². The van der Waals surface area contributed by atoms with Crippen molar-refractivity contribution in [3.8, 4) is 11.1 Å². The molecule has 0 radical (unpaired) electrons. The highest BCUT2D eigenvalue weighted by atomic mass is 35.5. The summed E-state index contributed by atoms with van der Waals surface area (Å²) < 4.78 is 0. The van der Waals surface area contributed by atoms with Crippen molar-refractivity contribution in [1.29, 1.82) is 0 Å². The lowest BCUT2D eigenvalue weighted by atomic mass is 10.0. The Morgan fingerprint density at radius 2 is 2.00 bits per heavy atom. The van der Waals surface area contributed by atoms with E-state index in [0.717, 1.165) is 29.7 Å². The molecule has 3 heterocycles. The van der Waals surface area contributed by atoms with Crippen LogP contribution in [0.5, 0.6) is 0 Å². The fraction of sp³-hybridized carbons (Fsp3) is 0.217. The van der Waals surface area contributed by atoms with Crippen LogP contribution in [0.1, 0.15) is 23.9 Å². The van der Waals surface area contributed by atoms with E-state index in [1.807, 2.05) is 18.2 Å². The summed E-state index contributed by atoms with van der Waals surface area (Å²) in [7, 11) is 0. The van der Waals surface area contributed by atoms with Crippen molar-refractivity contribution in [3.63, 3.8) is 0 Å². The van der Waals surface area contributed by atoms with E-state index in [0.29, 0.717) is 28.3 Å². The minimum atomic E-state index is -0.606. The smallest absolute Gasteiger partial charge is 0.258 e. The molecule has 1 aliphatic rings. The second kappa shape index (κ2) is 8.57. The van der Waals surface area contributed by atoms with E-state index in [-0.39, 0.29) is 17.4 Å². The second-order valence-electron chi connectivity index (χ2n) is 7.85. The first-order valence-electron chi connectivity index (χ1n) is 10.4. The highest BCUT2D eigenvalue weighted by Crippen LogP contribution is 2.25. The number of carbonyl (C=O) groups is 1. The molecule has 0 spiro atoms. The highest BCUT2D eigenvalue weighted by Gasteiger charge is 2.27. The largest absolute Gasteiger partial charge is 0.342 e. The molecule has 4 N–H and O–H groups in total. The van der Waals surface area contributed by atoms with Crippen LogP contribution in [0.25, 0.3) is 22.0 Å². The van der Waals surface area contributed by atoms with Crippen molar-refractivity contribution in [2.45, 2.75) is 12.5 Å². The number of halogens is 1. The van der Waals surface area contributed by atoms with E-state index in [2.05, 4.69) is 25.8 Å². The number of H-pyrrole nitrogens is 2. The minimum absolute atomic E-state index is 0.0759. The molecule has 0 aliphatic carbocycles. The molecule has 8 nitrogen and oxygen atoms in total. The van der Waals surface area contributed by atoms with Crippen LogP contribution >= 0.6 is 11.6 Å². The van der Waals surface area contributed by atoms with Crippen LogP contribution in [0.4, 0.5) is 0 Å². The molecule has 1 amide bonds. The van der Waals surface area contributed by atoms with Gasteiger partial charge in [0.15, 0.2) is 0 Å². The maximum absolute atomic E-state index is 13.0. The number of aromatic amines is 2. The number of nitrogens with one attached hydrogen (secondary N) is 4. The Bertz CT molecular complexity index is 1310. The van der Waals surface area contributed by atoms with E-state index in [1.54, 1.807) is 36.7 Å². The van der Waals surface area contributed by atoms with Crippen LogP contribution in [0.3, 0.4) is 0 Å². The zero-order chi connectivity index (χ0) is 22.1. The number of benzene rings is 2. The number of fused-ring (bicyclic) bond motifs is 1. The summed E-state index contributed by atoms with van der Waals surface area (Å²) in [6, 6.07) is 12.0.